The van der Waals surface area contributed by atoms with E-state index >= 15 is 0 Å². The lowest BCUT2D eigenvalue weighted by Crippen LogP contribution is -2.09. The topological polar surface area (TPSA) is 3.24 Å². The molecule has 0 bridgehead atoms. The zero-order valence-corrected chi connectivity index (χ0v) is 9.58. The largest absolute Gasteiger partial charge is 0.250 e. The van der Waals surface area contributed by atoms with Crippen LogP contribution in [0.1, 0.15) is 40.0 Å². The summed E-state index contributed by atoms with van der Waals surface area (Å²) in [5, 5.41) is 2.20. The predicted molar refractivity (Wildman–Crippen MR) is 59.2 cm³/mol. The Morgan fingerprint density at radius 3 is 2.50 bits per heavy atom. The summed E-state index contributed by atoms with van der Waals surface area (Å²) in [4.78, 5) is 0. The smallest absolute Gasteiger partial charge is 0.00893 e. The molecule has 0 saturated heterocycles. The first-order valence-corrected chi connectivity index (χ1v) is 5.51. The van der Waals surface area contributed by atoms with Crippen LogP contribution in [0.2, 0.25) is 0 Å². The van der Waals surface area contributed by atoms with Gasteiger partial charge in [-0.05, 0) is 32.7 Å². The van der Waals surface area contributed by atoms with Gasteiger partial charge in [-0.25, -0.2) is 4.31 Å². The Bertz CT molecular complexity index is 128. The van der Waals surface area contributed by atoms with Gasteiger partial charge in [0.05, 0.1) is 0 Å². The molecule has 12 heavy (non-hydrogen) atoms. The molecule has 0 saturated carbocycles. The molecule has 1 nitrogen and oxygen atoms in total. The van der Waals surface area contributed by atoms with Crippen molar-refractivity contribution in [3.8, 4) is 0 Å². The van der Waals surface area contributed by atoms with Crippen molar-refractivity contribution in [1.29, 1.82) is 0 Å². The van der Waals surface area contributed by atoms with Crippen LogP contribution in [0, 0.1) is 0 Å². The van der Waals surface area contributed by atoms with E-state index in [1.165, 1.54) is 31.4 Å². The molecule has 0 radical (unpaired) electrons. The molecule has 0 fully saturated rings. The van der Waals surface area contributed by atoms with Crippen molar-refractivity contribution in [2.45, 2.75) is 40.0 Å². The van der Waals surface area contributed by atoms with Crippen molar-refractivity contribution >= 4 is 11.9 Å². The number of unbranched alkanes of at least 4 members (excludes halogenated alkanes) is 2. The third-order valence-electron chi connectivity index (χ3n) is 1.54. The van der Waals surface area contributed by atoms with Gasteiger partial charge in [-0.15, -0.1) is 0 Å². The van der Waals surface area contributed by atoms with Crippen LogP contribution in [0.25, 0.3) is 0 Å². The lowest BCUT2D eigenvalue weighted by molar-refractivity contribution is 0.527. The molecule has 0 aromatic rings. The zero-order chi connectivity index (χ0) is 9.40. The summed E-state index contributed by atoms with van der Waals surface area (Å²) in [5.74, 6) is 0. The second-order valence-electron chi connectivity index (χ2n) is 3.36. The summed E-state index contributed by atoms with van der Waals surface area (Å²) in [5.41, 5.74) is 1.38. The molecular formula is C10H21NS. The second-order valence-corrected chi connectivity index (χ2v) is 4.43. The molecule has 0 aliphatic rings. The standard InChI is InChI=1S/C10H21NS/c1-5-6-7-8-11(4)12-9-10(2)3/h9H,5-8H2,1-4H3. The van der Waals surface area contributed by atoms with Crippen LogP contribution in [0.3, 0.4) is 0 Å². The first-order chi connectivity index (χ1) is 5.66. The SMILES string of the molecule is CCCCCN(C)SC=C(C)C. The maximum Gasteiger partial charge on any atom is 0.00893 e. The van der Waals surface area contributed by atoms with Gasteiger partial charge in [0, 0.05) is 6.54 Å². The fraction of sp³-hybridized carbons (Fsp3) is 0.800. The van der Waals surface area contributed by atoms with Crippen molar-refractivity contribution in [3.05, 3.63) is 11.0 Å². The number of allylic oxidation sites excluding steroid dienone is 1. The van der Waals surface area contributed by atoms with Gasteiger partial charge in [0.25, 0.3) is 0 Å². The molecule has 72 valence electrons. The van der Waals surface area contributed by atoms with E-state index < -0.39 is 0 Å². The quantitative estimate of drug-likeness (QED) is 0.461. The van der Waals surface area contributed by atoms with Crippen molar-refractivity contribution in [1.82, 2.24) is 4.31 Å². The molecule has 0 amide bonds. The summed E-state index contributed by atoms with van der Waals surface area (Å²) >= 11 is 1.81. The first-order valence-electron chi connectivity index (χ1n) is 4.68. The minimum Gasteiger partial charge on any atom is -0.250 e. The predicted octanol–water partition coefficient (Wildman–Crippen LogP) is 3.68. The van der Waals surface area contributed by atoms with E-state index in [4.69, 9.17) is 0 Å². The third kappa shape index (κ3) is 8.15. The molecular weight excluding hydrogens is 166 g/mol. The van der Waals surface area contributed by atoms with E-state index in [9.17, 15) is 0 Å². The minimum atomic E-state index is 1.20. The highest BCUT2D eigenvalue weighted by molar-refractivity contribution is 7.99. The normalized spacial score (nSPS) is 10.4. The first kappa shape index (κ1) is 12.0. The highest BCUT2D eigenvalue weighted by atomic mass is 32.2. The van der Waals surface area contributed by atoms with Crippen molar-refractivity contribution < 1.29 is 0 Å². The van der Waals surface area contributed by atoms with Crippen molar-refractivity contribution in [2.75, 3.05) is 13.6 Å². The van der Waals surface area contributed by atoms with Gasteiger partial charge in [0.1, 0.15) is 0 Å². The average Bonchev–Trinajstić information content (AvgIpc) is 2.01. The van der Waals surface area contributed by atoms with Crippen molar-refractivity contribution in [2.24, 2.45) is 0 Å². The lowest BCUT2D eigenvalue weighted by atomic mass is 10.2. The second kappa shape index (κ2) is 7.69. The fourth-order valence-electron chi connectivity index (χ4n) is 0.833. The maximum atomic E-state index is 2.29. The number of hydrogen-bond acceptors (Lipinski definition) is 2. The van der Waals surface area contributed by atoms with E-state index in [0.29, 0.717) is 0 Å². The Morgan fingerprint density at radius 1 is 1.33 bits per heavy atom. The van der Waals surface area contributed by atoms with E-state index in [1.807, 2.05) is 0 Å². The van der Waals surface area contributed by atoms with Crippen LogP contribution < -0.4 is 0 Å². The third-order valence-corrected chi connectivity index (χ3v) is 2.66. The molecule has 0 aromatic heterocycles. The molecule has 0 aliphatic carbocycles. The molecule has 0 rings (SSSR count). The Labute approximate surface area is 81.4 Å². The maximum absolute atomic E-state index is 2.29. The van der Waals surface area contributed by atoms with Gasteiger partial charge in [-0.3, -0.25) is 0 Å². The van der Waals surface area contributed by atoms with E-state index in [1.54, 1.807) is 11.9 Å². The summed E-state index contributed by atoms with van der Waals surface area (Å²) in [6.45, 7) is 7.70. The van der Waals surface area contributed by atoms with Crippen LogP contribution in [0.5, 0.6) is 0 Å². The van der Waals surface area contributed by atoms with Crippen LogP contribution in [-0.4, -0.2) is 17.9 Å². The molecule has 0 N–H and O–H groups in total. The lowest BCUT2D eigenvalue weighted by Gasteiger charge is -2.12. The molecule has 0 unspecified atom stereocenters. The van der Waals surface area contributed by atoms with Gasteiger partial charge in [0.2, 0.25) is 0 Å². The Hall–Kier alpha value is 0.0500. The highest BCUT2D eigenvalue weighted by Crippen LogP contribution is 2.12. The Morgan fingerprint density at radius 2 is 2.00 bits per heavy atom. The van der Waals surface area contributed by atoms with Crippen LogP contribution >= 0.6 is 11.9 Å². The molecule has 0 spiro atoms. The van der Waals surface area contributed by atoms with E-state index in [-0.39, 0.29) is 0 Å². The van der Waals surface area contributed by atoms with E-state index in [2.05, 4.69) is 37.5 Å². The average molecular weight is 187 g/mol. The number of rotatable bonds is 6. The molecule has 2 heteroatoms. The molecule has 0 aliphatic heterocycles. The minimum absolute atomic E-state index is 1.20. The van der Waals surface area contributed by atoms with Gasteiger partial charge in [0.15, 0.2) is 0 Å². The van der Waals surface area contributed by atoms with Crippen LogP contribution in [-0.2, 0) is 0 Å². The van der Waals surface area contributed by atoms with Gasteiger partial charge < -0.3 is 0 Å². The Kier molecular flexibility index (Phi) is 7.72. The molecule has 0 aromatic carbocycles. The molecule has 0 heterocycles. The monoisotopic (exact) mass is 187 g/mol. The highest BCUT2D eigenvalue weighted by Gasteiger charge is 1.94. The van der Waals surface area contributed by atoms with Gasteiger partial charge >= 0.3 is 0 Å². The van der Waals surface area contributed by atoms with Gasteiger partial charge in [-0.1, -0.05) is 37.3 Å². The zero-order valence-electron chi connectivity index (χ0n) is 8.76. The summed E-state index contributed by atoms with van der Waals surface area (Å²) in [7, 11) is 2.15. The van der Waals surface area contributed by atoms with E-state index in [0.717, 1.165) is 0 Å². The van der Waals surface area contributed by atoms with Crippen LogP contribution in [0.15, 0.2) is 11.0 Å². The Balaban J connectivity index is 3.33. The summed E-state index contributed by atoms with van der Waals surface area (Å²) in [6.07, 6.45) is 3.97. The summed E-state index contributed by atoms with van der Waals surface area (Å²) < 4.78 is 2.29. The van der Waals surface area contributed by atoms with Crippen molar-refractivity contribution in [3.63, 3.8) is 0 Å². The summed E-state index contributed by atoms with van der Waals surface area (Å²) in [6, 6.07) is 0. The number of hydrogen-bond donors (Lipinski definition) is 0. The van der Waals surface area contributed by atoms with Gasteiger partial charge in [-0.2, -0.15) is 0 Å². The number of nitrogens with zero attached hydrogens (tertiary/aromatic N) is 1. The fourth-order valence-corrected chi connectivity index (χ4v) is 1.46. The molecule has 0 atom stereocenters. The van der Waals surface area contributed by atoms with Crippen LogP contribution in [0.4, 0.5) is 0 Å².